The topological polar surface area (TPSA) is 109 Å². The van der Waals surface area contributed by atoms with E-state index in [9.17, 15) is 0 Å². The Morgan fingerprint density at radius 3 is 3.35 bits per heavy atom. The summed E-state index contributed by atoms with van der Waals surface area (Å²) in [5, 5.41) is 13.5. The maximum absolute atomic E-state index is 8.27. The van der Waals surface area contributed by atoms with Crippen LogP contribution in [0.2, 0.25) is 0 Å². The fourth-order valence-corrected chi connectivity index (χ4v) is 1.69. The maximum atomic E-state index is 8.27. The van der Waals surface area contributed by atoms with E-state index in [1.807, 2.05) is 0 Å². The number of hydrogen-bond donors (Lipinski definition) is 1. The average Bonchev–Trinajstić information content (AvgIpc) is 2.93. The highest BCUT2D eigenvalue weighted by Crippen LogP contribution is 2.22. The van der Waals surface area contributed by atoms with Gasteiger partial charge in [-0.15, -0.1) is 0 Å². The van der Waals surface area contributed by atoms with Crippen LogP contribution < -0.4 is 0 Å². The lowest BCUT2D eigenvalue weighted by molar-refractivity contribution is -0.0170. The molecule has 1 aliphatic rings. The standard InChI is InChI=1S/C8H11BN6O2/c9-8-1-6(7(17-8)3-11-14-10)16-4-5-2-12-15-13-5/h2,6-8H,1,3-4H2,(H,12,13,15). The van der Waals surface area contributed by atoms with Gasteiger partial charge in [0.2, 0.25) is 0 Å². The van der Waals surface area contributed by atoms with Crippen molar-refractivity contribution in [2.75, 3.05) is 6.54 Å². The third kappa shape index (κ3) is 3.19. The van der Waals surface area contributed by atoms with Crippen LogP contribution in [0.15, 0.2) is 11.3 Å². The molecule has 0 aliphatic carbocycles. The van der Waals surface area contributed by atoms with Crippen molar-refractivity contribution >= 4 is 7.85 Å². The molecule has 3 atom stereocenters. The van der Waals surface area contributed by atoms with Crippen molar-refractivity contribution in [3.05, 3.63) is 22.3 Å². The molecule has 1 saturated heterocycles. The van der Waals surface area contributed by atoms with Crippen LogP contribution in [0.1, 0.15) is 12.1 Å². The Kier molecular flexibility index (Phi) is 3.97. The van der Waals surface area contributed by atoms with E-state index in [-0.39, 0.29) is 24.8 Å². The molecular formula is C8H11BN6O2. The minimum Gasteiger partial charge on any atom is -0.382 e. The lowest BCUT2D eigenvalue weighted by Crippen LogP contribution is -2.27. The van der Waals surface area contributed by atoms with Crippen molar-refractivity contribution in [3.63, 3.8) is 0 Å². The van der Waals surface area contributed by atoms with E-state index in [1.165, 1.54) is 0 Å². The highest BCUT2D eigenvalue weighted by atomic mass is 16.6. The smallest absolute Gasteiger partial charge is 0.109 e. The molecule has 9 heteroatoms. The highest BCUT2D eigenvalue weighted by Gasteiger charge is 2.32. The van der Waals surface area contributed by atoms with E-state index in [0.29, 0.717) is 18.7 Å². The zero-order chi connectivity index (χ0) is 12.1. The molecule has 8 nitrogen and oxygen atoms in total. The summed E-state index contributed by atoms with van der Waals surface area (Å²) in [7, 11) is 5.67. The molecule has 2 heterocycles. The number of H-pyrrole nitrogens is 1. The lowest BCUT2D eigenvalue weighted by atomic mass is 9.96. The third-order valence-corrected chi connectivity index (χ3v) is 2.46. The van der Waals surface area contributed by atoms with Crippen LogP contribution >= 0.6 is 0 Å². The molecule has 88 valence electrons. The Balaban J connectivity index is 1.86. The van der Waals surface area contributed by atoms with Crippen LogP contribution in [-0.2, 0) is 16.1 Å². The molecule has 1 N–H and O–H groups in total. The quantitative estimate of drug-likeness (QED) is 0.341. The summed E-state index contributed by atoms with van der Waals surface area (Å²) >= 11 is 0. The molecule has 2 radical (unpaired) electrons. The Morgan fingerprint density at radius 2 is 2.65 bits per heavy atom. The molecule has 0 saturated carbocycles. The predicted molar refractivity (Wildman–Crippen MR) is 58.0 cm³/mol. The second-order valence-electron chi connectivity index (χ2n) is 3.67. The Bertz CT molecular complexity index is 393. The second-order valence-corrected chi connectivity index (χ2v) is 3.67. The van der Waals surface area contributed by atoms with Gasteiger partial charge in [-0.05, 0) is 12.0 Å². The number of hydrogen-bond acceptors (Lipinski definition) is 5. The van der Waals surface area contributed by atoms with Gasteiger partial charge in [-0.3, -0.25) is 0 Å². The van der Waals surface area contributed by atoms with Gasteiger partial charge in [0, 0.05) is 10.9 Å². The summed E-state index contributed by atoms with van der Waals surface area (Å²) in [6.45, 7) is 0.539. The highest BCUT2D eigenvalue weighted by molar-refractivity contribution is 6.11. The van der Waals surface area contributed by atoms with Gasteiger partial charge in [-0.1, -0.05) is 5.11 Å². The fraction of sp³-hybridized carbons (Fsp3) is 0.750. The number of aromatic amines is 1. The number of nitrogens with one attached hydrogen (secondary N) is 1. The lowest BCUT2D eigenvalue weighted by Gasteiger charge is -2.16. The SMILES string of the molecule is [B]C1CC(OCc2cn[nH]n2)C(CN=[N+]=[N-])O1. The summed E-state index contributed by atoms with van der Waals surface area (Å²) in [5.41, 5.74) is 8.97. The first-order valence-corrected chi connectivity index (χ1v) is 5.17. The van der Waals surface area contributed by atoms with Crippen molar-refractivity contribution in [1.82, 2.24) is 15.4 Å². The second kappa shape index (κ2) is 5.67. The van der Waals surface area contributed by atoms with Crippen molar-refractivity contribution in [1.29, 1.82) is 0 Å². The van der Waals surface area contributed by atoms with Gasteiger partial charge < -0.3 is 9.47 Å². The summed E-state index contributed by atoms with van der Waals surface area (Å²) in [6, 6.07) is -0.379. The van der Waals surface area contributed by atoms with E-state index < -0.39 is 0 Å². The molecule has 0 aromatic carbocycles. The number of nitrogens with zero attached hydrogens (tertiary/aromatic N) is 5. The minimum atomic E-state index is -0.379. The molecule has 0 amide bonds. The van der Waals surface area contributed by atoms with Gasteiger partial charge in [0.1, 0.15) is 13.5 Å². The van der Waals surface area contributed by atoms with Gasteiger partial charge in [-0.25, -0.2) is 0 Å². The van der Waals surface area contributed by atoms with Gasteiger partial charge in [0.25, 0.3) is 0 Å². The summed E-state index contributed by atoms with van der Waals surface area (Å²) < 4.78 is 11.0. The zero-order valence-corrected chi connectivity index (χ0v) is 9.06. The van der Waals surface area contributed by atoms with Crippen molar-refractivity contribution in [3.8, 4) is 0 Å². The van der Waals surface area contributed by atoms with Crippen LogP contribution in [0.25, 0.3) is 10.4 Å². The number of aromatic nitrogens is 3. The van der Waals surface area contributed by atoms with E-state index >= 15 is 0 Å². The van der Waals surface area contributed by atoms with Crippen LogP contribution in [-0.4, -0.2) is 48.0 Å². The van der Waals surface area contributed by atoms with Gasteiger partial charge in [0.05, 0.1) is 31.6 Å². The average molecular weight is 234 g/mol. The molecule has 0 spiro atoms. The van der Waals surface area contributed by atoms with Crippen LogP contribution in [0, 0.1) is 0 Å². The van der Waals surface area contributed by atoms with Crippen molar-refractivity contribution in [2.45, 2.75) is 31.2 Å². The molecule has 1 aromatic heterocycles. The molecule has 3 unspecified atom stereocenters. The van der Waals surface area contributed by atoms with Crippen LogP contribution in [0.5, 0.6) is 0 Å². The predicted octanol–water partition coefficient (Wildman–Crippen LogP) is 0.284. The van der Waals surface area contributed by atoms with E-state index in [4.69, 9.17) is 22.9 Å². The van der Waals surface area contributed by atoms with Crippen molar-refractivity contribution in [2.24, 2.45) is 5.11 Å². The molecular weight excluding hydrogens is 223 g/mol. The zero-order valence-electron chi connectivity index (χ0n) is 9.06. The Morgan fingerprint density at radius 1 is 1.76 bits per heavy atom. The largest absolute Gasteiger partial charge is 0.382 e. The maximum Gasteiger partial charge on any atom is 0.109 e. The first-order valence-electron chi connectivity index (χ1n) is 5.17. The normalized spacial score (nSPS) is 27.9. The Labute approximate surface area is 98.7 Å². The van der Waals surface area contributed by atoms with Gasteiger partial charge >= 0.3 is 0 Å². The number of azide groups is 1. The van der Waals surface area contributed by atoms with Gasteiger partial charge in [0.15, 0.2) is 0 Å². The third-order valence-electron chi connectivity index (χ3n) is 2.46. The van der Waals surface area contributed by atoms with E-state index in [2.05, 4.69) is 25.4 Å². The molecule has 1 aromatic rings. The number of ether oxygens (including phenoxy) is 2. The minimum absolute atomic E-state index is 0.188. The Hall–Kier alpha value is -1.57. The van der Waals surface area contributed by atoms with Crippen LogP contribution in [0.4, 0.5) is 0 Å². The van der Waals surface area contributed by atoms with Gasteiger partial charge in [-0.2, -0.15) is 15.4 Å². The molecule has 2 rings (SSSR count). The van der Waals surface area contributed by atoms with Crippen molar-refractivity contribution < 1.29 is 9.47 Å². The summed E-state index contributed by atoms with van der Waals surface area (Å²) in [6.07, 6.45) is 1.67. The van der Waals surface area contributed by atoms with E-state index in [1.54, 1.807) is 6.20 Å². The van der Waals surface area contributed by atoms with E-state index in [0.717, 1.165) is 0 Å². The summed E-state index contributed by atoms with van der Waals surface area (Å²) in [4.78, 5) is 2.69. The molecule has 17 heavy (non-hydrogen) atoms. The first-order chi connectivity index (χ1) is 8.29. The number of rotatable bonds is 5. The van der Waals surface area contributed by atoms with Crippen LogP contribution in [0.3, 0.4) is 0 Å². The summed E-state index contributed by atoms with van der Waals surface area (Å²) in [5.74, 6) is 0. The molecule has 1 aliphatic heterocycles. The first kappa shape index (κ1) is 11.9. The monoisotopic (exact) mass is 234 g/mol. The fourth-order valence-electron chi connectivity index (χ4n) is 1.69. The molecule has 1 fully saturated rings. The molecule has 0 bridgehead atoms.